The van der Waals surface area contributed by atoms with Gasteiger partial charge in [-0.2, -0.15) is 0 Å². The number of thiazole rings is 1. The summed E-state index contributed by atoms with van der Waals surface area (Å²) >= 11 is 3.01. The van der Waals surface area contributed by atoms with Crippen LogP contribution in [0, 0.1) is 0 Å². The molecule has 0 aliphatic rings. The highest BCUT2D eigenvalue weighted by atomic mass is 32.2. The van der Waals surface area contributed by atoms with Gasteiger partial charge in [0.2, 0.25) is 0 Å². The molecule has 0 spiro atoms. The third-order valence-electron chi connectivity index (χ3n) is 5.07. The Bertz CT molecular complexity index is 1220. The molecule has 1 amide bonds. The molecule has 1 atom stereocenters. The number of methoxy groups -OCH3 is 1. The van der Waals surface area contributed by atoms with Crippen LogP contribution in [-0.2, 0) is 5.75 Å². The number of carbonyl (C=O) groups excluding carboxylic acids is 1. The van der Waals surface area contributed by atoms with Gasteiger partial charge < -0.3 is 10.1 Å². The van der Waals surface area contributed by atoms with Gasteiger partial charge in [-0.05, 0) is 37.6 Å². The number of rotatable bonds is 9. The monoisotopic (exact) mass is 479 g/mol. The van der Waals surface area contributed by atoms with Gasteiger partial charge in [0.25, 0.3) is 5.91 Å². The standard InChI is InChI=1S/C24H25N5O2S2/c1-4-16(2)25-23(30)20-14-32-21(26-20)15-33-24-28-27-22(17-9-8-12-19(13-17)31-3)29(24)18-10-6-5-7-11-18/h5-14,16H,4,15H2,1-3H3,(H,25,30). The number of ether oxygens (including phenoxy) is 1. The average molecular weight is 480 g/mol. The van der Waals surface area contributed by atoms with E-state index >= 15 is 0 Å². The van der Waals surface area contributed by atoms with Crippen LogP contribution in [0.2, 0.25) is 0 Å². The van der Waals surface area contributed by atoms with Crippen LogP contribution in [0.5, 0.6) is 5.75 Å². The molecule has 0 fully saturated rings. The third kappa shape index (κ3) is 5.43. The second-order valence-electron chi connectivity index (χ2n) is 7.41. The topological polar surface area (TPSA) is 81.9 Å². The van der Waals surface area contributed by atoms with Crippen molar-refractivity contribution >= 4 is 29.0 Å². The fourth-order valence-corrected chi connectivity index (χ4v) is 4.87. The smallest absolute Gasteiger partial charge is 0.270 e. The van der Waals surface area contributed by atoms with Gasteiger partial charge in [0.15, 0.2) is 11.0 Å². The van der Waals surface area contributed by atoms with Gasteiger partial charge >= 0.3 is 0 Å². The molecule has 0 bridgehead atoms. The number of hydrogen-bond donors (Lipinski definition) is 1. The minimum Gasteiger partial charge on any atom is -0.497 e. The molecule has 9 heteroatoms. The number of aromatic nitrogens is 4. The van der Waals surface area contributed by atoms with Crippen LogP contribution in [0.1, 0.15) is 35.8 Å². The van der Waals surface area contributed by atoms with Crippen LogP contribution < -0.4 is 10.1 Å². The summed E-state index contributed by atoms with van der Waals surface area (Å²) in [6.07, 6.45) is 0.878. The molecule has 7 nitrogen and oxygen atoms in total. The quantitative estimate of drug-likeness (QED) is 0.332. The summed E-state index contributed by atoms with van der Waals surface area (Å²) in [6.45, 7) is 4.02. The van der Waals surface area contributed by atoms with Crippen molar-refractivity contribution in [3.8, 4) is 22.8 Å². The second-order valence-corrected chi connectivity index (χ2v) is 9.29. The first-order valence-corrected chi connectivity index (χ1v) is 12.5. The minimum absolute atomic E-state index is 0.122. The van der Waals surface area contributed by atoms with E-state index in [1.165, 1.54) is 23.1 Å². The van der Waals surface area contributed by atoms with E-state index in [-0.39, 0.29) is 11.9 Å². The Kier molecular flexibility index (Phi) is 7.41. The van der Waals surface area contributed by atoms with Crippen molar-refractivity contribution < 1.29 is 9.53 Å². The first kappa shape index (κ1) is 23.0. The summed E-state index contributed by atoms with van der Waals surface area (Å²) in [4.78, 5) is 16.9. The predicted molar refractivity (Wildman–Crippen MR) is 132 cm³/mol. The maximum absolute atomic E-state index is 12.3. The zero-order valence-corrected chi connectivity index (χ0v) is 20.3. The van der Waals surface area contributed by atoms with Crippen LogP contribution in [0.15, 0.2) is 65.1 Å². The van der Waals surface area contributed by atoms with Crippen LogP contribution in [0.4, 0.5) is 0 Å². The Labute approximate surface area is 201 Å². The van der Waals surface area contributed by atoms with E-state index in [1.54, 1.807) is 12.5 Å². The molecule has 2 heterocycles. The van der Waals surface area contributed by atoms with Crippen LogP contribution in [0.3, 0.4) is 0 Å². The highest BCUT2D eigenvalue weighted by Gasteiger charge is 2.18. The molecular formula is C24H25N5O2S2. The van der Waals surface area contributed by atoms with Gasteiger partial charge in [-0.15, -0.1) is 21.5 Å². The number of nitrogens with one attached hydrogen (secondary N) is 1. The van der Waals surface area contributed by atoms with Crippen LogP contribution in [0.25, 0.3) is 17.1 Å². The summed E-state index contributed by atoms with van der Waals surface area (Å²) in [6, 6.07) is 17.9. The molecular weight excluding hydrogens is 454 g/mol. The van der Waals surface area contributed by atoms with E-state index in [2.05, 4.69) is 20.5 Å². The average Bonchev–Trinajstić information content (AvgIpc) is 3.50. The first-order valence-electron chi connectivity index (χ1n) is 10.6. The Hall–Kier alpha value is -3.17. The van der Waals surface area contributed by atoms with E-state index in [1.807, 2.05) is 73.0 Å². The molecule has 0 aliphatic carbocycles. The van der Waals surface area contributed by atoms with Gasteiger partial charge in [0.05, 0.1) is 12.9 Å². The van der Waals surface area contributed by atoms with Crippen LogP contribution in [-0.4, -0.2) is 38.8 Å². The molecule has 2 aromatic heterocycles. The van der Waals surface area contributed by atoms with Gasteiger partial charge in [-0.1, -0.05) is 49.0 Å². The molecule has 4 rings (SSSR count). The van der Waals surface area contributed by atoms with Crippen molar-refractivity contribution in [3.63, 3.8) is 0 Å². The molecule has 4 aromatic rings. The lowest BCUT2D eigenvalue weighted by Crippen LogP contribution is -2.32. The maximum Gasteiger partial charge on any atom is 0.270 e. The minimum atomic E-state index is -0.135. The number of carbonyl (C=O) groups is 1. The van der Waals surface area contributed by atoms with Crippen molar-refractivity contribution in [3.05, 3.63) is 70.7 Å². The number of benzene rings is 2. The van der Waals surface area contributed by atoms with Gasteiger partial charge in [0.1, 0.15) is 16.5 Å². The molecule has 1 unspecified atom stereocenters. The molecule has 0 saturated heterocycles. The summed E-state index contributed by atoms with van der Waals surface area (Å²) in [5.41, 5.74) is 2.34. The molecule has 1 N–H and O–H groups in total. The molecule has 0 radical (unpaired) electrons. The van der Waals surface area contributed by atoms with E-state index in [0.29, 0.717) is 11.4 Å². The second kappa shape index (κ2) is 10.6. The van der Waals surface area contributed by atoms with Gasteiger partial charge in [-0.3, -0.25) is 9.36 Å². The van der Waals surface area contributed by atoms with Crippen LogP contribution >= 0.6 is 23.1 Å². The fourth-order valence-electron chi connectivity index (χ4n) is 3.13. The Morgan fingerprint density at radius 3 is 2.76 bits per heavy atom. The summed E-state index contributed by atoms with van der Waals surface area (Å²) in [5, 5.41) is 15.3. The largest absolute Gasteiger partial charge is 0.497 e. The summed E-state index contributed by atoms with van der Waals surface area (Å²) in [5.74, 6) is 1.94. The fraction of sp³-hybridized carbons (Fsp3) is 0.250. The highest BCUT2D eigenvalue weighted by molar-refractivity contribution is 7.98. The molecule has 2 aromatic carbocycles. The summed E-state index contributed by atoms with van der Waals surface area (Å²) < 4.78 is 7.42. The van der Waals surface area contributed by atoms with Gasteiger partial charge in [-0.25, -0.2) is 4.98 Å². The zero-order valence-electron chi connectivity index (χ0n) is 18.7. The number of para-hydroxylation sites is 1. The zero-order chi connectivity index (χ0) is 23.2. The molecule has 0 aliphatic heterocycles. The maximum atomic E-state index is 12.3. The lowest BCUT2D eigenvalue weighted by molar-refractivity contribution is 0.0935. The summed E-state index contributed by atoms with van der Waals surface area (Å²) in [7, 11) is 1.65. The lowest BCUT2D eigenvalue weighted by atomic mass is 10.2. The first-order chi connectivity index (χ1) is 16.1. The van der Waals surface area contributed by atoms with Crippen molar-refractivity contribution in [2.45, 2.75) is 37.2 Å². The Balaban J connectivity index is 1.59. The van der Waals surface area contributed by atoms with Gasteiger partial charge in [0, 0.05) is 22.7 Å². The van der Waals surface area contributed by atoms with Crippen molar-refractivity contribution in [2.24, 2.45) is 0 Å². The lowest BCUT2D eigenvalue weighted by Gasteiger charge is -2.10. The highest BCUT2D eigenvalue weighted by Crippen LogP contribution is 2.31. The van der Waals surface area contributed by atoms with Crippen molar-refractivity contribution in [1.29, 1.82) is 0 Å². The molecule has 170 valence electrons. The third-order valence-corrected chi connectivity index (χ3v) is 7.05. The number of amides is 1. The van der Waals surface area contributed by atoms with Crippen molar-refractivity contribution in [2.75, 3.05) is 7.11 Å². The van der Waals surface area contributed by atoms with E-state index in [0.717, 1.165) is 39.4 Å². The van der Waals surface area contributed by atoms with E-state index in [4.69, 9.17) is 4.74 Å². The van der Waals surface area contributed by atoms with Crippen molar-refractivity contribution in [1.82, 2.24) is 25.1 Å². The normalized spacial score (nSPS) is 11.8. The SMILES string of the molecule is CCC(C)NC(=O)c1csc(CSc2nnc(-c3cccc(OC)c3)n2-c2ccccc2)n1. The number of hydrogen-bond acceptors (Lipinski definition) is 7. The predicted octanol–water partition coefficient (Wildman–Crippen LogP) is 5.22. The van der Waals surface area contributed by atoms with E-state index in [9.17, 15) is 4.79 Å². The Morgan fingerprint density at radius 2 is 2.00 bits per heavy atom. The Morgan fingerprint density at radius 1 is 1.18 bits per heavy atom. The number of nitrogens with zero attached hydrogens (tertiary/aromatic N) is 4. The molecule has 0 saturated carbocycles. The van der Waals surface area contributed by atoms with E-state index < -0.39 is 0 Å². The number of thioether (sulfide) groups is 1. The molecule has 33 heavy (non-hydrogen) atoms.